The number of carbonyl (C=O) groups excluding carboxylic acids is 2. The van der Waals surface area contributed by atoms with E-state index in [2.05, 4.69) is 36.2 Å². The number of aromatic nitrogens is 3. The summed E-state index contributed by atoms with van der Waals surface area (Å²) >= 11 is 0. The molecule has 3 aliphatic carbocycles. The smallest absolute Gasteiger partial charge is 0.220 e. The van der Waals surface area contributed by atoms with Gasteiger partial charge in [-0.05, 0) is 83.3 Å². The number of nitrogens with one attached hydrogen (secondary N) is 5. The van der Waals surface area contributed by atoms with Gasteiger partial charge in [0.15, 0.2) is 0 Å². The van der Waals surface area contributed by atoms with Crippen LogP contribution in [0.4, 0.5) is 0 Å². The second-order valence-corrected chi connectivity index (χ2v) is 15.8. The molecule has 59 heavy (non-hydrogen) atoms. The quantitative estimate of drug-likeness (QED) is 0.144. The summed E-state index contributed by atoms with van der Waals surface area (Å²) in [6.45, 7) is 6.78. The molecule has 0 unspecified atom stereocenters. The number of rotatable bonds is 0. The Bertz CT molecular complexity index is 986. The van der Waals surface area contributed by atoms with Crippen LogP contribution in [-0.2, 0) is 9.59 Å². The van der Waals surface area contributed by atoms with E-state index >= 15 is 0 Å². The molecule has 6 heterocycles. The van der Waals surface area contributed by atoms with Crippen LogP contribution in [0.5, 0.6) is 0 Å². The van der Waals surface area contributed by atoms with Gasteiger partial charge in [0.05, 0.1) is 6.33 Å². The Labute approximate surface area is 361 Å². The molecule has 2 amide bonds. The number of imidazole rings is 1. The van der Waals surface area contributed by atoms with Crippen molar-refractivity contribution in [2.45, 2.75) is 180 Å². The lowest BCUT2D eigenvalue weighted by Gasteiger charge is -2.08. The third-order valence-electron chi connectivity index (χ3n) is 10.4. The molecule has 4 aliphatic heterocycles. The number of hydrogen-bond donors (Lipinski definition) is 5. The third-order valence-corrected chi connectivity index (χ3v) is 10.4. The van der Waals surface area contributed by atoms with Gasteiger partial charge in [0, 0.05) is 50.7 Å². The van der Waals surface area contributed by atoms with Crippen molar-refractivity contribution in [3.8, 4) is 0 Å². The normalized spacial score (nSPS) is 18.8. The van der Waals surface area contributed by atoms with Gasteiger partial charge in [0.1, 0.15) is 0 Å². The van der Waals surface area contributed by atoms with Gasteiger partial charge in [-0.3, -0.25) is 14.6 Å². The monoisotopic (exact) mass is 818 g/mol. The SMILES string of the molecule is C1CCCC1.C1CCCCC1.C1CCCCCC1.C1CCNC1.C1CCNCC1.O=C1CCCCN1.O=C1CCCN1.c1c[nH]cn1.c1ccccc1.c1ccncc1. The van der Waals surface area contributed by atoms with Crippen LogP contribution in [-0.4, -0.2) is 66.0 Å². The van der Waals surface area contributed by atoms with Gasteiger partial charge in [-0.25, -0.2) is 4.98 Å². The number of pyridine rings is 1. The van der Waals surface area contributed by atoms with Gasteiger partial charge < -0.3 is 26.3 Å². The predicted molar refractivity (Wildman–Crippen MR) is 250 cm³/mol. The highest BCUT2D eigenvalue weighted by Crippen LogP contribution is 2.16. The fraction of sp³-hybridized carbons (Fsp3) is 0.680. The highest BCUT2D eigenvalue weighted by Gasteiger charge is 2.06. The van der Waals surface area contributed by atoms with Crippen molar-refractivity contribution in [3.05, 3.63) is 85.7 Å². The zero-order valence-electron chi connectivity index (χ0n) is 37.3. The molecular formula is C50H87N7O2. The fourth-order valence-electron chi connectivity index (χ4n) is 6.81. The first-order valence-electron chi connectivity index (χ1n) is 24.0. The van der Waals surface area contributed by atoms with Gasteiger partial charge in [0.25, 0.3) is 0 Å². The standard InChI is InChI=1S/C7H14.C6H12.C6H6.C5H9NO.C5H11N.C5H5N.C5H10.C4H7NO.C4H9N.C3H4N2/c1-2-4-6-7-5-3-1;2*1-2-4-6-5-3-1;7-5-3-1-2-4-6-5;2*1-2-4-6-5-3-1;1-2-4-5-3-1;6-4-2-1-3-5-4;1-2-4-5-3-1;1-2-5-3-4-1/h1-7H2;1-6H2;1-6H;1-4H2,(H,6,7);6H,1-5H2;1-5H;1-5H2;1-3H2,(H,5,6);5H,1-4H2;1-3H,(H,4,5). The van der Waals surface area contributed by atoms with Crippen molar-refractivity contribution in [2.24, 2.45) is 0 Å². The van der Waals surface area contributed by atoms with E-state index < -0.39 is 0 Å². The van der Waals surface area contributed by atoms with E-state index in [4.69, 9.17) is 0 Å². The molecule has 334 valence electrons. The molecule has 0 radical (unpaired) electrons. The average Bonchev–Trinajstić information content (AvgIpc) is 4.20. The summed E-state index contributed by atoms with van der Waals surface area (Å²) in [4.78, 5) is 30.7. The molecule has 7 aliphatic rings. The van der Waals surface area contributed by atoms with Crippen molar-refractivity contribution in [1.29, 1.82) is 0 Å². The van der Waals surface area contributed by atoms with Crippen LogP contribution < -0.4 is 21.3 Å². The third kappa shape index (κ3) is 45.4. The summed E-state index contributed by atoms with van der Waals surface area (Å²) in [6, 6.07) is 17.7. The van der Waals surface area contributed by atoms with Crippen LogP contribution in [0.25, 0.3) is 0 Å². The lowest BCUT2D eigenvalue weighted by Crippen LogP contribution is -2.28. The van der Waals surface area contributed by atoms with E-state index in [1.54, 1.807) is 31.1 Å². The van der Waals surface area contributed by atoms with Crippen LogP contribution in [0.3, 0.4) is 0 Å². The number of nitrogens with zero attached hydrogens (tertiary/aromatic N) is 2. The second-order valence-electron chi connectivity index (χ2n) is 15.8. The number of hydrogen-bond acceptors (Lipinski definition) is 6. The van der Waals surface area contributed by atoms with E-state index in [1.807, 2.05) is 54.6 Å². The Morgan fingerprint density at radius 2 is 0.644 bits per heavy atom. The largest absolute Gasteiger partial charge is 0.356 e. The van der Waals surface area contributed by atoms with Gasteiger partial charge in [-0.15, -0.1) is 0 Å². The lowest BCUT2D eigenvalue weighted by atomic mass is 10.0. The van der Waals surface area contributed by atoms with Gasteiger partial charge in [-0.1, -0.05) is 164 Å². The Morgan fingerprint density at radius 3 is 0.797 bits per heavy atom. The van der Waals surface area contributed by atoms with Crippen molar-refractivity contribution in [1.82, 2.24) is 36.2 Å². The zero-order chi connectivity index (χ0) is 42.0. The van der Waals surface area contributed by atoms with E-state index in [9.17, 15) is 9.59 Å². The number of aromatic amines is 1. The minimum absolute atomic E-state index is 0.204. The maximum absolute atomic E-state index is 10.4. The molecule has 5 N–H and O–H groups in total. The highest BCUT2D eigenvalue weighted by molar-refractivity contribution is 5.77. The number of piperidine rings is 2. The molecule has 9 nitrogen and oxygen atoms in total. The summed E-state index contributed by atoms with van der Waals surface area (Å²) in [5.74, 6) is 0.418. The van der Waals surface area contributed by atoms with Gasteiger partial charge in [0.2, 0.25) is 11.8 Å². The predicted octanol–water partition coefficient (Wildman–Crippen LogP) is 11.5. The summed E-state index contributed by atoms with van der Waals surface area (Å²) in [6.07, 6.45) is 47.3. The topological polar surface area (TPSA) is 124 Å². The molecule has 3 aromatic rings. The van der Waals surface area contributed by atoms with Crippen LogP contribution in [0, 0.1) is 0 Å². The van der Waals surface area contributed by atoms with E-state index in [0.717, 1.165) is 45.2 Å². The molecule has 0 atom stereocenters. The van der Waals surface area contributed by atoms with E-state index in [1.165, 1.54) is 174 Å². The van der Waals surface area contributed by atoms with Gasteiger partial charge >= 0.3 is 0 Å². The second kappa shape index (κ2) is 47.1. The van der Waals surface area contributed by atoms with Crippen LogP contribution in [0.1, 0.15) is 180 Å². The van der Waals surface area contributed by atoms with Crippen molar-refractivity contribution in [2.75, 3.05) is 39.3 Å². The Kier molecular flexibility index (Phi) is 42.7. The number of amides is 2. The molecule has 4 saturated heterocycles. The molecule has 0 spiro atoms. The Hall–Kier alpha value is -3.56. The zero-order valence-corrected chi connectivity index (χ0v) is 37.3. The van der Waals surface area contributed by atoms with E-state index in [0.29, 0.717) is 0 Å². The number of carbonyl (C=O) groups is 2. The molecule has 7 fully saturated rings. The molecule has 10 rings (SSSR count). The Morgan fingerprint density at radius 1 is 0.322 bits per heavy atom. The molecule has 2 aromatic heterocycles. The summed E-state index contributed by atoms with van der Waals surface area (Å²) < 4.78 is 0. The van der Waals surface area contributed by atoms with Crippen LogP contribution in [0.2, 0.25) is 0 Å². The fourth-order valence-corrected chi connectivity index (χ4v) is 6.81. The molecule has 1 aromatic carbocycles. The first-order valence-corrected chi connectivity index (χ1v) is 24.0. The minimum atomic E-state index is 0.204. The van der Waals surface area contributed by atoms with Crippen molar-refractivity contribution in [3.63, 3.8) is 0 Å². The average molecular weight is 818 g/mol. The first kappa shape index (κ1) is 53.5. The van der Waals surface area contributed by atoms with Gasteiger partial charge in [-0.2, -0.15) is 0 Å². The van der Waals surface area contributed by atoms with Crippen molar-refractivity contribution >= 4 is 11.8 Å². The summed E-state index contributed by atoms with van der Waals surface area (Å²) in [7, 11) is 0. The first-order chi connectivity index (χ1) is 29.3. The van der Waals surface area contributed by atoms with E-state index in [-0.39, 0.29) is 11.8 Å². The molecule has 0 bridgehead atoms. The Balaban J connectivity index is 0.000000328. The molecule has 3 saturated carbocycles. The number of benzene rings is 1. The summed E-state index contributed by atoms with van der Waals surface area (Å²) in [5.41, 5.74) is 0. The van der Waals surface area contributed by atoms with Crippen LogP contribution >= 0.6 is 0 Å². The summed E-state index contributed by atoms with van der Waals surface area (Å²) in [5, 5.41) is 11.9. The highest BCUT2D eigenvalue weighted by atomic mass is 16.2. The number of H-pyrrole nitrogens is 1. The van der Waals surface area contributed by atoms with Crippen molar-refractivity contribution < 1.29 is 9.59 Å². The van der Waals surface area contributed by atoms with Crippen LogP contribution in [0.15, 0.2) is 85.7 Å². The lowest BCUT2D eigenvalue weighted by molar-refractivity contribution is -0.122. The minimum Gasteiger partial charge on any atom is -0.356 e. The molecular weight excluding hydrogens is 731 g/mol. The molecule has 9 heteroatoms. The maximum atomic E-state index is 10.4. The maximum Gasteiger partial charge on any atom is 0.220 e.